The molecule has 0 saturated carbocycles. The van der Waals surface area contributed by atoms with Gasteiger partial charge < -0.3 is 10.6 Å². The van der Waals surface area contributed by atoms with Gasteiger partial charge in [0.15, 0.2) is 0 Å². The quantitative estimate of drug-likeness (QED) is 0.430. The minimum absolute atomic E-state index is 0.0736. The monoisotopic (exact) mass is 439 g/mol. The van der Waals surface area contributed by atoms with E-state index in [9.17, 15) is 9.59 Å². The van der Waals surface area contributed by atoms with Crippen molar-refractivity contribution in [3.63, 3.8) is 0 Å². The minimum Gasteiger partial charge on any atom is -0.354 e. The Hall–Kier alpha value is -1.73. The summed E-state index contributed by atoms with van der Waals surface area (Å²) < 4.78 is 0. The third-order valence-electron chi connectivity index (χ3n) is 3.84. The van der Waals surface area contributed by atoms with E-state index in [0.29, 0.717) is 28.8 Å². The van der Waals surface area contributed by atoms with Crippen molar-refractivity contribution < 1.29 is 9.59 Å². The highest BCUT2D eigenvalue weighted by atomic mass is 35.5. The number of nitrogens with zero attached hydrogens (tertiary/aromatic N) is 1. The zero-order valence-corrected chi connectivity index (χ0v) is 17.9. The Morgan fingerprint density at radius 1 is 0.964 bits per heavy atom. The normalized spacial score (nSPS) is 10.7. The first-order valence-corrected chi connectivity index (χ1v) is 10.6. The SMILES string of the molecule is CCN(CC(=O)NCCSc1ccccc1)CC(=O)Nc1c(Cl)cccc1Cl. The third kappa shape index (κ3) is 7.72. The van der Waals surface area contributed by atoms with E-state index in [1.165, 1.54) is 4.90 Å². The van der Waals surface area contributed by atoms with E-state index in [0.717, 1.165) is 5.75 Å². The van der Waals surface area contributed by atoms with Gasteiger partial charge in [0.25, 0.3) is 0 Å². The van der Waals surface area contributed by atoms with Gasteiger partial charge in [0.05, 0.1) is 28.8 Å². The lowest BCUT2D eigenvalue weighted by molar-refractivity contribution is -0.123. The molecule has 0 aliphatic heterocycles. The number of rotatable bonds is 10. The first kappa shape index (κ1) is 22.6. The van der Waals surface area contributed by atoms with Crippen LogP contribution in [0.3, 0.4) is 0 Å². The van der Waals surface area contributed by atoms with Crippen LogP contribution in [-0.2, 0) is 9.59 Å². The molecular formula is C20H23Cl2N3O2S. The molecule has 28 heavy (non-hydrogen) atoms. The second-order valence-electron chi connectivity index (χ2n) is 5.96. The number of benzene rings is 2. The molecule has 2 aromatic carbocycles. The Bertz CT molecular complexity index is 770. The molecule has 2 rings (SSSR count). The number of nitrogens with one attached hydrogen (secondary N) is 2. The van der Waals surface area contributed by atoms with Crippen molar-refractivity contribution in [1.29, 1.82) is 0 Å². The molecule has 0 bridgehead atoms. The first-order chi connectivity index (χ1) is 13.5. The molecule has 0 fully saturated rings. The van der Waals surface area contributed by atoms with Crippen molar-refractivity contribution in [2.24, 2.45) is 0 Å². The highest BCUT2D eigenvalue weighted by Crippen LogP contribution is 2.29. The Morgan fingerprint density at radius 2 is 1.61 bits per heavy atom. The lowest BCUT2D eigenvalue weighted by Crippen LogP contribution is -2.41. The van der Waals surface area contributed by atoms with Crippen LogP contribution in [0, 0.1) is 0 Å². The average molecular weight is 440 g/mol. The van der Waals surface area contributed by atoms with Crippen molar-refractivity contribution in [1.82, 2.24) is 10.2 Å². The van der Waals surface area contributed by atoms with E-state index < -0.39 is 0 Å². The molecule has 0 aromatic heterocycles. The molecular weight excluding hydrogens is 417 g/mol. The van der Waals surface area contributed by atoms with Crippen molar-refractivity contribution in [3.05, 3.63) is 58.6 Å². The number of thioether (sulfide) groups is 1. The summed E-state index contributed by atoms with van der Waals surface area (Å²) in [4.78, 5) is 27.3. The fourth-order valence-electron chi connectivity index (χ4n) is 2.41. The summed E-state index contributed by atoms with van der Waals surface area (Å²) in [5.41, 5.74) is 0.384. The van der Waals surface area contributed by atoms with Crippen LogP contribution >= 0.6 is 35.0 Å². The van der Waals surface area contributed by atoms with Crippen LogP contribution in [0.2, 0.25) is 10.0 Å². The third-order valence-corrected chi connectivity index (χ3v) is 5.49. The summed E-state index contributed by atoms with van der Waals surface area (Å²) in [5, 5.41) is 6.34. The molecule has 2 N–H and O–H groups in total. The first-order valence-electron chi connectivity index (χ1n) is 8.90. The highest BCUT2D eigenvalue weighted by molar-refractivity contribution is 7.99. The van der Waals surface area contributed by atoms with Crippen LogP contribution in [0.15, 0.2) is 53.4 Å². The lowest BCUT2D eigenvalue weighted by atomic mass is 10.3. The molecule has 0 aliphatic carbocycles. The highest BCUT2D eigenvalue weighted by Gasteiger charge is 2.15. The Labute approximate surface area is 179 Å². The summed E-state index contributed by atoms with van der Waals surface area (Å²) in [6, 6.07) is 15.0. The van der Waals surface area contributed by atoms with E-state index in [1.807, 2.05) is 37.3 Å². The molecule has 150 valence electrons. The smallest absolute Gasteiger partial charge is 0.238 e. The maximum Gasteiger partial charge on any atom is 0.238 e. The van der Waals surface area contributed by atoms with E-state index >= 15 is 0 Å². The van der Waals surface area contributed by atoms with Crippen LogP contribution < -0.4 is 10.6 Å². The number of para-hydroxylation sites is 1. The zero-order chi connectivity index (χ0) is 20.4. The molecule has 0 atom stereocenters. The Kier molecular flexibility index (Phi) is 9.64. The van der Waals surface area contributed by atoms with Crippen LogP contribution in [0.4, 0.5) is 5.69 Å². The van der Waals surface area contributed by atoms with Gasteiger partial charge >= 0.3 is 0 Å². The second kappa shape index (κ2) is 12.0. The number of halogens is 2. The van der Waals surface area contributed by atoms with E-state index in [2.05, 4.69) is 10.6 Å². The van der Waals surface area contributed by atoms with E-state index in [1.54, 1.807) is 34.9 Å². The van der Waals surface area contributed by atoms with Crippen LogP contribution in [-0.4, -0.2) is 48.6 Å². The maximum atomic E-state index is 12.3. The number of carbonyl (C=O) groups excluding carboxylic acids is 2. The fourth-order valence-corrected chi connectivity index (χ4v) is 3.70. The average Bonchev–Trinajstić information content (AvgIpc) is 2.68. The zero-order valence-electron chi connectivity index (χ0n) is 15.6. The summed E-state index contributed by atoms with van der Waals surface area (Å²) in [6.07, 6.45) is 0. The predicted molar refractivity (Wildman–Crippen MR) is 117 cm³/mol. The molecule has 0 heterocycles. The molecule has 5 nitrogen and oxygen atoms in total. The molecule has 2 amide bonds. The molecule has 0 spiro atoms. The minimum atomic E-state index is -0.274. The predicted octanol–water partition coefficient (Wildman–Crippen LogP) is 4.16. The van der Waals surface area contributed by atoms with Gasteiger partial charge in [-0.1, -0.05) is 54.4 Å². The molecule has 8 heteroatoms. The van der Waals surface area contributed by atoms with Gasteiger partial charge in [-0.05, 0) is 30.8 Å². The van der Waals surface area contributed by atoms with Crippen LogP contribution in [0.5, 0.6) is 0 Å². The standard InChI is InChI=1S/C20H23Cl2N3O2S/c1-2-25(14-19(27)24-20-16(21)9-6-10-17(20)22)13-18(26)23-11-12-28-15-7-4-3-5-8-15/h3-10H,2,11-14H2,1H3,(H,23,26)(H,24,27). The van der Waals surface area contributed by atoms with E-state index in [4.69, 9.17) is 23.2 Å². The molecule has 0 saturated heterocycles. The number of carbonyl (C=O) groups is 2. The second-order valence-corrected chi connectivity index (χ2v) is 7.94. The number of amides is 2. The molecule has 2 aromatic rings. The molecule has 0 radical (unpaired) electrons. The summed E-state index contributed by atoms with van der Waals surface area (Å²) in [6.45, 7) is 3.25. The van der Waals surface area contributed by atoms with Gasteiger partial charge in [0.1, 0.15) is 0 Å². The Morgan fingerprint density at radius 3 is 2.25 bits per heavy atom. The Balaban J connectivity index is 1.73. The van der Waals surface area contributed by atoms with Crippen molar-refractivity contribution >= 4 is 52.5 Å². The summed E-state index contributed by atoms with van der Waals surface area (Å²) in [7, 11) is 0. The molecule has 0 unspecified atom stereocenters. The maximum absolute atomic E-state index is 12.3. The van der Waals surface area contributed by atoms with E-state index in [-0.39, 0.29) is 24.9 Å². The van der Waals surface area contributed by atoms with Gasteiger partial charge in [0, 0.05) is 17.2 Å². The summed E-state index contributed by atoms with van der Waals surface area (Å²) in [5.74, 6) is 0.399. The fraction of sp³-hybridized carbons (Fsp3) is 0.300. The number of hydrogen-bond donors (Lipinski definition) is 2. The van der Waals surface area contributed by atoms with Gasteiger partial charge in [-0.3, -0.25) is 14.5 Å². The lowest BCUT2D eigenvalue weighted by Gasteiger charge is -2.19. The van der Waals surface area contributed by atoms with Gasteiger partial charge in [-0.25, -0.2) is 0 Å². The van der Waals surface area contributed by atoms with Crippen molar-refractivity contribution in [2.45, 2.75) is 11.8 Å². The topological polar surface area (TPSA) is 61.4 Å². The van der Waals surface area contributed by atoms with Gasteiger partial charge in [0.2, 0.25) is 11.8 Å². The van der Waals surface area contributed by atoms with Crippen LogP contribution in [0.25, 0.3) is 0 Å². The largest absolute Gasteiger partial charge is 0.354 e. The summed E-state index contributed by atoms with van der Waals surface area (Å²) >= 11 is 13.8. The van der Waals surface area contributed by atoms with Gasteiger partial charge in [-0.15, -0.1) is 11.8 Å². The van der Waals surface area contributed by atoms with Gasteiger partial charge in [-0.2, -0.15) is 0 Å². The van der Waals surface area contributed by atoms with Crippen molar-refractivity contribution in [2.75, 3.05) is 37.2 Å². The number of likely N-dealkylation sites (N-methyl/N-ethyl adjacent to an activating group) is 1. The number of anilines is 1. The number of hydrogen-bond acceptors (Lipinski definition) is 4. The van der Waals surface area contributed by atoms with Crippen molar-refractivity contribution in [3.8, 4) is 0 Å². The molecule has 0 aliphatic rings. The van der Waals surface area contributed by atoms with Crippen LogP contribution in [0.1, 0.15) is 6.92 Å².